The van der Waals surface area contributed by atoms with Gasteiger partial charge in [0, 0.05) is 17.7 Å². The molecule has 3 rings (SSSR count). The molecule has 0 amide bonds. The van der Waals surface area contributed by atoms with Gasteiger partial charge in [0.2, 0.25) is 5.78 Å². The number of benzene rings is 2. The molecule has 2 aromatic rings. The van der Waals surface area contributed by atoms with Crippen LogP contribution in [0, 0.1) is 0 Å². The van der Waals surface area contributed by atoms with E-state index >= 15 is 0 Å². The van der Waals surface area contributed by atoms with Gasteiger partial charge in [-0.1, -0.05) is 0 Å². The van der Waals surface area contributed by atoms with Gasteiger partial charge in [0.1, 0.15) is 23.0 Å². The predicted molar refractivity (Wildman–Crippen MR) is 70.8 cm³/mol. The molecule has 5 nitrogen and oxygen atoms in total. The summed E-state index contributed by atoms with van der Waals surface area (Å²) in [7, 11) is 0. The minimum absolute atomic E-state index is 0.00489. The molecule has 1 aliphatic rings. The summed E-state index contributed by atoms with van der Waals surface area (Å²) in [5.41, 5.74) is 0.704. The highest BCUT2D eigenvalue weighted by atomic mass is 16.5. The molecule has 5 heteroatoms. The summed E-state index contributed by atoms with van der Waals surface area (Å²) in [4.78, 5) is 12.1. The first-order chi connectivity index (χ1) is 9.54. The van der Waals surface area contributed by atoms with E-state index in [4.69, 9.17) is 4.74 Å². The van der Waals surface area contributed by atoms with Crippen molar-refractivity contribution in [1.82, 2.24) is 0 Å². The monoisotopic (exact) mass is 270 g/mol. The van der Waals surface area contributed by atoms with Gasteiger partial charge < -0.3 is 20.1 Å². The number of phenolic OH excluding ortho intramolecular Hbond substituents is 3. The Labute approximate surface area is 114 Å². The Morgan fingerprint density at radius 3 is 2.40 bits per heavy atom. The Bertz CT molecular complexity index is 746. The zero-order chi connectivity index (χ0) is 14.3. The molecular formula is C15H10O5. The lowest BCUT2D eigenvalue weighted by atomic mass is 10.1. The van der Waals surface area contributed by atoms with E-state index in [-0.39, 0.29) is 34.5 Å². The first-order valence-electron chi connectivity index (χ1n) is 5.84. The molecule has 0 radical (unpaired) electrons. The maximum absolute atomic E-state index is 12.1. The lowest BCUT2D eigenvalue weighted by Crippen LogP contribution is -1.98. The Balaban J connectivity index is 2.01. The van der Waals surface area contributed by atoms with E-state index in [0.29, 0.717) is 11.1 Å². The van der Waals surface area contributed by atoms with Crippen LogP contribution >= 0.6 is 0 Å². The fourth-order valence-electron chi connectivity index (χ4n) is 1.97. The fraction of sp³-hybridized carbons (Fsp3) is 0. The summed E-state index contributed by atoms with van der Waals surface area (Å²) in [6, 6.07) is 8.26. The second kappa shape index (κ2) is 4.31. The molecule has 0 aromatic heterocycles. The average Bonchev–Trinajstić information content (AvgIpc) is 2.69. The molecule has 2 aromatic carbocycles. The second-order valence-corrected chi connectivity index (χ2v) is 4.36. The third-order valence-corrected chi connectivity index (χ3v) is 2.95. The van der Waals surface area contributed by atoms with Crippen molar-refractivity contribution < 1.29 is 24.9 Å². The third-order valence-electron chi connectivity index (χ3n) is 2.95. The minimum atomic E-state index is -0.326. The molecule has 0 fully saturated rings. The van der Waals surface area contributed by atoms with Crippen molar-refractivity contribution >= 4 is 11.9 Å². The van der Waals surface area contributed by atoms with E-state index < -0.39 is 0 Å². The summed E-state index contributed by atoms with van der Waals surface area (Å²) in [5, 5.41) is 28.3. The number of rotatable bonds is 1. The molecule has 0 spiro atoms. The van der Waals surface area contributed by atoms with Crippen molar-refractivity contribution in [2.45, 2.75) is 0 Å². The van der Waals surface area contributed by atoms with Crippen LogP contribution in [0.4, 0.5) is 0 Å². The molecule has 100 valence electrons. The Morgan fingerprint density at radius 2 is 1.65 bits per heavy atom. The molecule has 20 heavy (non-hydrogen) atoms. The molecule has 0 unspecified atom stereocenters. The SMILES string of the molecule is O=C1/C(=C\c2ccc(O)cc2O)Oc2cc(O)ccc21. The lowest BCUT2D eigenvalue weighted by molar-refractivity contribution is 0.101. The van der Waals surface area contributed by atoms with Crippen LogP contribution in [0.15, 0.2) is 42.2 Å². The number of phenols is 3. The Morgan fingerprint density at radius 1 is 0.950 bits per heavy atom. The van der Waals surface area contributed by atoms with Gasteiger partial charge in [0.05, 0.1) is 5.56 Å². The summed E-state index contributed by atoms with van der Waals surface area (Å²) in [6.07, 6.45) is 1.38. The maximum atomic E-state index is 12.1. The highest BCUT2D eigenvalue weighted by Crippen LogP contribution is 2.35. The highest BCUT2D eigenvalue weighted by Gasteiger charge is 2.27. The predicted octanol–water partition coefficient (Wildman–Crippen LogP) is 2.42. The molecule has 0 bridgehead atoms. The zero-order valence-electron chi connectivity index (χ0n) is 10.2. The van der Waals surface area contributed by atoms with Crippen LogP contribution in [0.1, 0.15) is 15.9 Å². The van der Waals surface area contributed by atoms with E-state index in [1.54, 1.807) is 0 Å². The van der Waals surface area contributed by atoms with Crippen molar-refractivity contribution in [3.8, 4) is 23.0 Å². The fourth-order valence-corrected chi connectivity index (χ4v) is 1.97. The number of ketones is 1. The molecule has 0 atom stereocenters. The largest absolute Gasteiger partial charge is 0.508 e. The molecule has 0 saturated heterocycles. The van der Waals surface area contributed by atoms with Gasteiger partial charge in [-0.25, -0.2) is 0 Å². The van der Waals surface area contributed by atoms with E-state index in [1.807, 2.05) is 0 Å². The standard InChI is InChI=1S/C15H10O5/c16-9-2-1-8(12(18)6-9)5-14-15(19)11-4-3-10(17)7-13(11)20-14/h1-7,16-18H/b14-5+. The van der Waals surface area contributed by atoms with Crippen LogP contribution in [-0.2, 0) is 0 Å². The minimum Gasteiger partial charge on any atom is -0.508 e. The summed E-state index contributed by atoms with van der Waals surface area (Å²) in [6.45, 7) is 0. The van der Waals surface area contributed by atoms with Gasteiger partial charge in [-0.3, -0.25) is 4.79 Å². The number of aromatic hydroxyl groups is 3. The Hall–Kier alpha value is -2.95. The second-order valence-electron chi connectivity index (χ2n) is 4.36. The van der Waals surface area contributed by atoms with Gasteiger partial charge in [0.25, 0.3) is 0 Å². The zero-order valence-corrected chi connectivity index (χ0v) is 10.2. The van der Waals surface area contributed by atoms with Crippen molar-refractivity contribution in [2.75, 3.05) is 0 Å². The van der Waals surface area contributed by atoms with Gasteiger partial charge in [-0.15, -0.1) is 0 Å². The van der Waals surface area contributed by atoms with Gasteiger partial charge in [-0.2, -0.15) is 0 Å². The average molecular weight is 270 g/mol. The Kier molecular flexibility index (Phi) is 2.61. The van der Waals surface area contributed by atoms with Crippen LogP contribution in [-0.4, -0.2) is 21.1 Å². The van der Waals surface area contributed by atoms with E-state index in [0.717, 1.165) is 0 Å². The first kappa shape index (κ1) is 12.1. The number of allylic oxidation sites excluding steroid dienone is 1. The lowest BCUT2D eigenvalue weighted by Gasteiger charge is -2.01. The molecule has 1 heterocycles. The van der Waals surface area contributed by atoms with Crippen molar-refractivity contribution in [3.05, 3.63) is 53.3 Å². The molecule has 3 N–H and O–H groups in total. The third kappa shape index (κ3) is 1.95. The molecule has 1 aliphatic heterocycles. The van der Waals surface area contributed by atoms with Crippen LogP contribution in [0.2, 0.25) is 0 Å². The summed E-state index contributed by atoms with van der Waals surface area (Å²) >= 11 is 0. The molecule has 0 saturated carbocycles. The van der Waals surface area contributed by atoms with E-state index in [1.165, 1.54) is 42.5 Å². The van der Waals surface area contributed by atoms with Crippen LogP contribution in [0.25, 0.3) is 6.08 Å². The number of ether oxygens (including phenoxy) is 1. The van der Waals surface area contributed by atoms with Crippen molar-refractivity contribution in [2.24, 2.45) is 0 Å². The number of Topliss-reactive ketones (excluding diaryl/α,β-unsaturated/α-hetero) is 1. The van der Waals surface area contributed by atoms with Gasteiger partial charge in [-0.05, 0) is 30.3 Å². The van der Waals surface area contributed by atoms with Gasteiger partial charge in [0.15, 0.2) is 5.76 Å². The molecular weight excluding hydrogens is 260 g/mol. The number of hydrogen-bond donors (Lipinski definition) is 3. The number of fused-ring (bicyclic) bond motifs is 1. The highest BCUT2D eigenvalue weighted by molar-refractivity contribution is 6.14. The van der Waals surface area contributed by atoms with Crippen molar-refractivity contribution in [3.63, 3.8) is 0 Å². The van der Waals surface area contributed by atoms with Crippen molar-refractivity contribution in [1.29, 1.82) is 0 Å². The normalized spacial score (nSPS) is 15.2. The number of hydrogen-bond acceptors (Lipinski definition) is 5. The van der Waals surface area contributed by atoms with Crippen LogP contribution in [0.3, 0.4) is 0 Å². The van der Waals surface area contributed by atoms with E-state index in [9.17, 15) is 20.1 Å². The number of carbonyl (C=O) groups excluding carboxylic acids is 1. The quantitative estimate of drug-likeness (QED) is 0.693. The van der Waals surface area contributed by atoms with Crippen LogP contribution < -0.4 is 4.74 Å². The summed E-state index contributed by atoms with van der Waals surface area (Å²) in [5.74, 6) is -0.229. The number of carbonyl (C=O) groups is 1. The summed E-state index contributed by atoms with van der Waals surface area (Å²) < 4.78 is 5.37. The van der Waals surface area contributed by atoms with E-state index in [2.05, 4.69) is 0 Å². The molecule has 0 aliphatic carbocycles. The smallest absolute Gasteiger partial charge is 0.231 e. The first-order valence-corrected chi connectivity index (χ1v) is 5.84. The maximum Gasteiger partial charge on any atom is 0.231 e. The van der Waals surface area contributed by atoms with Gasteiger partial charge >= 0.3 is 0 Å². The van der Waals surface area contributed by atoms with Crippen LogP contribution in [0.5, 0.6) is 23.0 Å². The topological polar surface area (TPSA) is 87.0 Å².